The van der Waals surface area contributed by atoms with Gasteiger partial charge in [-0.05, 0) is 0 Å². The number of nitrogens with zero attached hydrogens (tertiary/aromatic N) is 2. The molecule has 5 nitrogen and oxygen atoms in total. The maximum Gasteiger partial charge on any atom is 0.287 e. The Kier molecular flexibility index (Phi) is 2.14. The number of nitro groups is 1. The summed E-state index contributed by atoms with van der Waals surface area (Å²) in [6.07, 6.45) is 1.12. The molecule has 0 aliphatic rings. The second-order valence-electron chi connectivity index (χ2n) is 2.22. The number of hydrogen-bond donors (Lipinski definition) is 0. The first-order chi connectivity index (χ1) is 5.52. The van der Waals surface area contributed by atoms with Crippen LogP contribution in [0.1, 0.15) is 0 Å². The summed E-state index contributed by atoms with van der Waals surface area (Å²) in [6.45, 7) is 0. The first-order valence-electron chi connectivity index (χ1n) is 3.03. The second kappa shape index (κ2) is 2.94. The molecule has 0 spiro atoms. The van der Waals surface area contributed by atoms with E-state index in [1.54, 1.807) is 0 Å². The first-order valence-corrected chi connectivity index (χ1v) is 3.40. The molecule has 1 rings (SSSR count). The molecule has 64 valence electrons. The van der Waals surface area contributed by atoms with Crippen molar-refractivity contribution in [3.8, 4) is 0 Å². The molecule has 0 fully saturated rings. The van der Waals surface area contributed by atoms with Crippen LogP contribution in [-0.2, 0) is 7.05 Å². The SMILES string of the molecule is Cn1cc([N+](=O)[O-])cc(Cl)c1=O. The average Bonchev–Trinajstić information content (AvgIpc) is 1.99. The summed E-state index contributed by atoms with van der Waals surface area (Å²) in [6, 6.07) is 1.03. The summed E-state index contributed by atoms with van der Waals surface area (Å²) in [5.41, 5.74) is -0.635. The largest absolute Gasteiger partial charge is 0.311 e. The van der Waals surface area contributed by atoms with Crippen LogP contribution < -0.4 is 5.56 Å². The molecule has 1 aromatic heterocycles. The lowest BCUT2D eigenvalue weighted by molar-refractivity contribution is -0.385. The minimum Gasteiger partial charge on any atom is -0.311 e. The zero-order valence-electron chi connectivity index (χ0n) is 6.15. The summed E-state index contributed by atoms with van der Waals surface area (Å²) in [7, 11) is 1.40. The maximum atomic E-state index is 11.0. The molecular formula is C6H5ClN2O3. The molecule has 0 saturated carbocycles. The Balaban J connectivity index is 3.41. The van der Waals surface area contributed by atoms with Gasteiger partial charge in [0.15, 0.2) is 0 Å². The van der Waals surface area contributed by atoms with Crippen LogP contribution in [0.25, 0.3) is 0 Å². The van der Waals surface area contributed by atoms with Crippen molar-refractivity contribution in [1.29, 1.82) is 0 Å². The first kappa shape index (κ1) is 8.73. The van der Waals surface area contributed by atoms with Crippen LogP contribution in [0.3, 0.4) is 0 Å². The standard InChI is InChI=1S/C6H5ClN2O3/c1-8-3-4(9(11)12)2-5(7)6(8)10/h2-3H,1H3. The van der Waals surface area contributed by atoms with E-state index < -0.39 is 10.5 Å². The van der Waals surface area contributed by atoms with E-state index in [9.17, 15) is 14.9 Å². The minimum atomic E-state index is -0.606. The molecule has 0 radical (unpaired) electrons. The quantitative estimate of drug-likeness (QED) is 0.487. The number of aromatic nitrogens is 1. The summed E-state index contributed by atoms with van der Waals surface area (Å²) in [5, 5.41) is 10.1. The highest BCUT2D eigenvalue weighted by Gasteiger charge is 2.09. The smallest absolute Gasteiger partial charge is 0.287 e. The van der Waals surface area contributed by atoms with Crippen LogP contribution in [-0.4, -0.2) is 9.49 Å². The van der Waals surface area contributed by atoms with E-state index >= 15 is 0 Å². The predicted molar refractivity (Wildman–Crippen MR) is 43.3 cm³/mol. The van der Waals surface area contributed by atoms with E-state index in [0.29, 0.717) is 0 Å². The predicted octanol–water partition coefficient (Wildman–Crippen LogP) is 0.947. The highest BCUT2D eigenvalue weighted by Crippen LogP contribution is 2.12. The maximum absolute atomic E-state index is 11.0. The molecule has 0 bridgehead atoms. The van der Waals surface area contributed by atoms with Crippen molar-refractivity contribution in [3.05, 3.63) is 37.8 Å². The molecule has 0 saturated heterocycles. The molecule has 0 aromatic carbocycles. The third-order valence-corrected chi connectivity index (χ3v) is 1.61. The molecule has 0 unspecified atom stereocenters. The summed E-state index contributed by atoms with van der Waals surface area (Å²) in [5.74, 6) is 0. The van der Waals surface area contributed by atoms with E-state index in [2.05, 4.69) is 0 Å². The highest BCUT2D eigenvalue weighted by molar-refractivity contribution is 6.30. The number of rotatable bonds is 1. The van der Waals surface area contributed by atoms with Gasteiger partial charge in [-0.2, -0.15) is 0 Å². The number of aryl methyl sites for hydroxylation is 1. The lowest BCUT2D eigenvalue weighted by Gasteiger charge is -1.96. The van der Waals surface area contributed by atoms with Gasteiger partial charge in [-0.3, -0.25) is 14.9 Å². The third kappa shape index (κ3) is 1.45. The minimum absolute atomic E-state index is 0.147. The van der Waals surface area contributed by atoms with Crippen molar-refractivity contribution in [2.75, 3.05) is 0 Å². The zero-order valence-corrected chi connectivity index (χ0v) is 6.91. The summed E-state index contributed by atoms with van der Waals surface area (Å²) in [4.78, 5) is 20.6. The van der Waals surface area contributed by atoms with Crippen LogP contribution in [0.2, 0.25) is 5.02 Å². The number of halogens is 1. The Hall–Kier alpha value is -1.36. The molecule has 12 heavy (non-hydrogen) atoms. The van der Waals surface area contributed by atoms with Gasteiger partial charge in [0, 0.05) is 13.1 Å². The molecular weight excluding hydrogens is 184 g/mol. The van der Waals surface area contributed by atoms with E-state index in [-0.39, 0.29) is 10.7 Å². The fourth-order valence-corrected chi connectivity index (χ4v) is 0.999. The van der Waals surface area contributed by atoms with Gasteiger partial charge in [0.25, 0.3) is 11.2 Å². The van der Waals surface area contributed by atoms with Gasteiger partial charge in [-0.1, -0.05) is 11.6 Å². The van der Waals surface area contributed by atoms with Gasteiger partial charge in [0.1, 0.15) is 5.02 Å². The molecule has 0 amide bonds. The van der Waals surface area contributed by atoms with Crippen LogP contribution in [0.4, 0.5) is 5.69 Å². The third-order valence-electron chi connectivity index (χ3n) is 1.34. The van der Waals surface area contributed by atoms with Crippen molar-refractivity contribution in [1.82, 2.24) is 4.57 Å². The summed E-state index contributed by atoms with van der Waals surface area (Å²) >= 11 is 5.43. The molecule has 6 heteroatoms. The molecule has 0 aliphatic heterocycles. The summed E-state index contributed by atoms with van der Waals surface area (Å²) < 4.78 is 1.07. The second-order valence-corrected chi connectivity index (χ2v) is 2.63. The fraction of sp³-hybridized carbons (Fsp3) is 0.167. The van der Waals surface area contributed by atoms with Crippen LogP contribution in [0.15, 0.2) is 17.1 Å². The molecule has 1 aromatic rings. The zero-order chi connectivity index (χ0) is 9.30. The van der Waals surface area contributed by atoms with Gasteiger partial charge >= 0.3 is 0 Å². The Morgan fingerprint density at radius 2 is 2.25 bits per heavy atom. The van der Waals surface area contributed by atoms with E-state index in [4.69, 9.17) is 11.6 Å². The normalized spacial score (nSPS) is 9.83. The Bertz CT molecular complexity index is 359. The van der Waals surface area contributed by atoms with Crippen LogP contribution in [0, 0.1) is 10.1 Å². The van der Waals surface area contributed by atoms with Crippen molar-refractivity contribution in [2.24, 2.45) is 7.05 Å². The van der Waals surface area contributed by atoms with Crippen molar-refractivity contribution in [3.63, 3.8) is 0 Å². The van der Waals surface area contributed by atoms with E-state index in [0.717, 1.165) is 16.8 Å². The lowest BCUT2D eigenvalue weighted by Crippen LogP contribution is -2.16. The van der Waals surface area contributed by atoms with Crippen molar-refractivity contribution >= 4 is 17.3 Å². The van der Waals surface area contributed by atoms with Gasteiger partial charge in [0.2, 0.25) is 0 Å². The van der Waals surface area contributed by atoms with Gasteiger partial charge in [0.05, 0.1) is 11.1 Å². The number of pyridine rings is 1. The lowest BCUT2D eigenvalue weighted by atomic mass is 10.4. The Labute approximate surface area is 72.3 Å². The molecule has 0 N–H and O–H groups in total. The van der Waals surface area contributed by atoms with Crippen LogP contribution >= 0.6 is 11.6 Å². The molecule has 1 heterocycles. The molecule has 0 aliphatic carbocycles. The van der Waals surface area contributed by atoms with E-state index in [1.165, 1.54) is 7.05 Å². The monoisotopic (exact) mass is 188 g/mol. The van der Waals surface area contributed by atoms with Gasteiger partial charge < -0.3 is 4.57 Å². The Morgan fingerprint density at radius 3 is 2.67 bits per heavy atom. The van der Waals surface area contributed by atoms with E-state index in [1.807, 2.05) is 0 Å². The van der Waals surface area contributed by atoms with Crippen LogP contribution in [0.5, 0.6) is 0 Å². The van der Waals surface area contributed by atoms with Gasteiger partial charge in [-0.25, -0.2) is 0 Å². The average molecular weight is 189 g/mol. The van der Waals surface area contributed by atoms with Crippen molar-refractivity contribution < 1.29 is 4.92 Å². The topological polar surface area (TPSA) is 65.1 Å². The fourth-order valence-electron chi connectivity index (χ4n) is 0.754. The highest BCUT2D eigenvalue weighted by atomic mass is 35.5. The van der Waals surface area contributed by atoms with Gasteiger partial charge in [-0.15, -0.1) is 0 Å². The Morgan fingerprint density at radius 1 is 1.67 bits per heavy atom. The number of hydrogen-bond acceptors (Lipinski definition) is 3. The molecule has 0 atom stereocenters. The van der Waals surface area contributed by atoms with Crippen molar-refractivity contribution in [2.45, 2.75) is 0 Å².